The van der Waals surface area contributed by atoms with E-state index in [1.807, 2.05) is 6.26 Å². The summed E-state index contributed by atoms with van der Waals surface area (Å²) in [5, 5.41) is 0. The van der Waals surface area contributed by atoms with Crippen LogP contribution in [0.3, 0.4) is 0 Å². The lowest BCUT2D eigenvalue weighted by molar-refractivity contribution is 0.599. The summed E-state index contributed by atoms with van der Waals surface area (Å²) < 4.78 is 11.3. The molecule has 0 bridgehead atoms. The molecule has 0 N–H and O–H groups in total. The van der Waals surface area contributed by atoms with Crippen molar-refractivity contribution in [3.63, 3.8) is 0 Å². The third kappa shape index (κ3) is 1.33. The maximum Gasteiger partial charge on any atom is 0.160 e. The molecule has 3 heteroatoms. The molecular formula is C5H10OS2. The summed E-state index contributed by atoms with van der Waals surface area (Å²) in [6, 6.07) is 0. The monoisotopic (exact) mass is 150 g/mol. The average Bonchev–Trinajstić information content (AvgIpc) is 2.14. The average molecular weight is 150 g/mol. The molecule has 1 aliphatic rings. The van der Waals surface area contributed by atoms with Gasteiger partial charge in [0.05, 0.1) is 0 Å². The van der Waals surface area contributed by atoms with E-state index < -0.39 is 11.2 Å². The summed E-state index contributed by atoms with van der Waals surface area (Å²) in [6.07, 6.45) is 4.36. The van der Waals surface area contributed by atoms with Gasteiger partial charge in [-0.05, 0) is 23.9 Å². The van der Waals surface area contributed by atoms with E-state index in [0.29, 0.717) is 4.58 Å². The van der Waals surface area contributed by atoms with Crippen LogP contribution in [0, 0.1) is 0 Å². The van der Waals surface area contributed by atoms with Gasteiger partial charge in [-0.3, -0.25) is 0 Å². The Morgan fingerprint density at radius 2 is 2.50 bits per heavy atom. The number of hydrogen-bond donors (Lipinski definition) is 0. The Morgan fingerprint density at radius 1 is 1.75 bits per heavy atom. The van der Waals surface area contributed by atoms with Crippen molar-refractivity contribution in [3.05, 3.63) is 0 Å². The van der Waals surface area contributed by atoms with Gasteiger partial charge in [0.15, 0.2) is 4.58 Å². The quantitative estimate of drug-likeness (QED) is 0.525. The van der Waals surface area contributed by atoms with Gasteiger partial charge >= 0.3 is 0 Å². The lowest BCUT2D eigenvalue weighted by Gasteiger charge is -2.08. The molecule has 1 aliphatic heterocycles. The van der Waals surface area contributed by atoms with Crippen LogP contribution in [0.15, 0.2) is 0 Å². The minimum absolute atomic E-state index is 0.454. The van der Waals surface area contributed by atoms with Crippen molar-refractivity contribution in [2.75, 3.05) is 12.0 Å². The summed E-state index contributed by atoms with van der Waals surface area (Å²) in [4.78, 5) is 0. The molecule has 0 aromatic rings. The van der Waals surface area contributed by atoms with E-state index in [0.717, 1.165) is 18.6 Å². The highest BCUT2D eigenvalue weighted by Gasteiger charge is 2.27. The highest BCUT2D eigenvalue weighted by Crippen LogP contribution is 2.27. The predicted octanol–water partition coefficient (Wildman–Crippen LogP) is 1.22. The van der Waals surface area contributed by atoms with E-state index in [1.165, 1.54) is 0 Å². The maximum atomic E-state index is 10.9. The van der Waals surface area contributed by atoms with Crippen molar-refractivity contribution in [1.29, 1.82) is 0 Å². The molecule has 2 atom stereocenters. The van der Waals surface area contributed by atoms with Crippen molar-refractivity contribution in [3.8, 4) is 0 Å². The maximum absolute atomic E-state index is 10.9. The van der Waals surface area contributed by atoms with Crippen LogP contribution in [0.2, 0.25) is 0 Å². The normalized spacial score (nSPS) is 38.2. The van der Waals surface area contributed by atoms with Gasteiger partial charge in [-0.1, -0.05) is 0 Å². The Balaban J connectivity index is 2.30. The zero-order chi connectivity index (χ0) is 5.98. The predicted molar refractivity (Wildman–Crippen MR) is 39.5 cm³/mol. The van der Waals surface area contributed by atoms with Gasteiger partial charge in [0.25, 0.3) is 0 Å². The molecule has 0 spiro atoms. The van der Waals surface area contributed by atoms with Gasteiger partial charge < -0.3 is 4.55 Å². The van der Waals surface area contributed by atoms with E-state index in [4.69, 9.17) is 0 Å². The molecule has 1 heterocycles. The van der Waals surface area contributed by atoms with Crippen molar-refractivity contribution in [1.82, 2.24) is 0 Å². The summed E-state index contributed by atoms with van der Waals surface area (Å²) in [5.41, 5.74) is 0. The van der Waals surface area contributed by atoms with Crippen molar-refractivity contribution >= 4 is 22.9 Å². The van der Waals surface area contributed by atoms with E-state index in [-0.39, 0.29) is 0 Å². The largest absolute Gasteiger partial charge is 0.615 e. The molecule has 0 saturated carbocycles. The molecule has 1 saturated heterocycles. The highest BCUT2D eigenvalue weighted by molar-refractivity contribution is 8.13. The summed E-state index contributed by atoms with van der Waals surface area (Å²) in [6.45, 7) is 0. The fraction of sp³-hybridized carbons (Fsp3) is 1.00. The molecule has 1 rings (SSSR count). The van der Waals surface area contributed by atoms with Crippen LogP contribution in [0.4, 0.5) is 0 Å². The second-order valence-corrected chi connectivity index (χ2v) is 4.97. The Kier molecular flexibility index (Phi) is 2.53. The first-order valence-corrected chi connectivity index (χ1v) is 5.41. The Labute approximate surface area is 57.4 Å². The lowest BCUT2D eigenvalue weighted by Crippen LogP contribution is -2.10. The standard InChI is InChI=1S/C5H10OS2/c1-7-5-3-2-4-8(5)6/h5H,2-4H2,1H3/t5-,8+/m0/s1. The fourth-order valence-corrected chi connectivity index (χ4v) is 3.57. The molecule has 1 fully saturated rings. The zero-order valence-corrected chi connectivity index (χ0v) is 6.56. The van der Waals surface area contributed by atoms with E-state index in [9.17, 15) is 4.55 Å². The summed E-state index contributed by atoms with van der Waals surface area (Å²) >= 11 is 1.24. The van der Waals surface area contributed by atoms with Gasteiger partial charge in [-0.2, -0.15) is 0 Å². The second-order valence-electron chi connectivity index (χ2n) is 1.89. The topological polar surface area (TPSA) is 23.1 Å². The minimum atomic E-state index is -0.498. The third-order valence-corrected chi connectivity index (χ3v) is 4.84. The summed E-state index contributed by atoms with van der Waals surface area (Å²) in [5.74, 6) is 0.936. The van der Waals surface area contributed by atoms with Crippen molar-refractivity contribution < 1.29 is 4.55 Å². The molecule has 0 aromatic carbocycles. The Morgan fingerprint density at radius 3 is 2.75 bits per heavy atom. The van der Waals surface area contributed by atoms with E-state index in [1.54, 1.807) is 11.8 Å². The molecule has 0 aliphatic carbocycles. The summed E-state index contributed by atoms with van der Waals surface area (Å²) in [7, 11) is 0. The second kappa shape index (κ2) is 2.99. The SMILES string of the molecule is CS[C@@H]1CCC[S@@+]1[O-]. The number of thioether (sulfide) groups is 1. The van der Waals surface area contributed by atoms with Crippen LogP contribution in [-0.2, 0) is 11.2 Å². The van der Waals surface area contributed by atoms with Crippen LogP contribution in [-0.4, -0.2) is 21.1 Å². The van der Waals surface area contributed by atoms with E-state index in [2.05, 4.69) is 0 Å². The first kappa shape index (κ1) is 6.78. The van der Waals surface area contributed by atoms with Crippen LogP contribution >= 0.6 is 11.8 Å². The van der Waals surface area contributed by atoms with Crippen LogP contribution in [0.1, 0.15) is 12.8 Å². The Bertz CT molecular complexity index is 76.8. The molecule has 0 amide bonds. The van der Waals surface area contributed by atoms with Crippen molar-refractivity contribution in [2.24, 2.45) is 0 Å². The van der Waals surface area contributed by atoms with Gasteiger partial charge in [0.1, 0.15) is 5.75 Å². The van der Waals surface area contributed by atoms with Crippen LogP contribution in [0.25, 0.3) is 0 Å². The van der Waals surface area contributed by atoms with Crippen LogP contribution in [0.5, 0.6) is 0 Å². The Hall–Kier alpha value is 0.660. The molecule has 0 aromatic heterocycles. The van der Waals surface area contributed by atoms with Crippen LogP contribution < -0.4 is 0 Å². The lowest BCUT2D eigenvalue weighted by atomic mass is 10.4. The fourth-order valence-electron chi connectivity index (χ4n) is 0.880. The van der Waals surface area contributed by atoms with Gasteiger partial charge in [0, 0.05) is 6.42 Å². The van der Waals surface area contributed by atoms with Gasteiger partial charge in [0.2, 0.25) is 0 Å². The molecule has 8 heavy (non-hydrogen) atoms. The van der Waals surface area contributed by atoms with Gasteiger partial charge in [-0.15, -0.1) is 11.8 Å². The number of rotatable bonds is 1. The smallest absolute Gasteiger partial charge is 0.160 e. The molecular weight excluding hydrogens is 140 g/mol. The zero-order valence-electron chi connectivity index (χ0n) is 4.92. The molecule has 0 radical (unpaired) electrons. The van der Waals surface area contributed by atoms with Crippen molar-refractivity contribution in [2.45, 2.75) is 17.4 Å². The van der Waals surface area contributed by atoms with E-state index >= 15 is 0 Å². The first-order valence-electron chi connectivity index (χ1n) is 2.74. The third-order valence-electron chi connectivity index (χ3n) is 1.34. The highest BCUT2D eigenvalue weighted by atomic mass is 32.3. The molecule has 1 nitrogen and oxygen atoms in total. The molecule has 48 valence electrons. The number of hydrogen-bond acceptors (Lipinski definition) is 2. The van der Waals surface area contributed by atoms with Gasteiger partial charge in [-0.25, -0.2) is 0 Å². The molecule has 0 unspecified atom stereocenters. The minimum Gasteiger partial charge on any atom is -0.615 e. The first-order chi connectivity index (χ1) is 3.84.